The number of carboxylic acid groups (broad SMARTS) is 1. The minimum absolute atomic E-state index is 0.100. The highest BCUT2D eigenvalue weighted by molar-refractivity contribution is 9.10. The lowest BCUT2D eigenvalue weighted by Crippen LogP contribution is -2.00. The molecule has 2 rings (SSSR count). The van der Waals surface area contributed by atoms with Crippen LogP contribution in [0.2, 0.25) is 0 Å². The highest BCUT2D eigenvalue weighted by Gasteiger charge is 2.08. The molecule has 0 saturated carbocycles. The fourth-order valence-corrected chi connectivity index (χ4v) is 1.90. The Morgan fingerprint density at radius 1 is 1.42 bits per heavy atom. The van der Waals surface area contributed by atoms with Gasteiger partial charge in [0.25, 0.3) is 0 Å². The summed E-state index contributed by atoms with van der Waals surface area (Å²) in [6, 6.07) is 10.4. The highest BCUT2D eigenvalue weighted by atomic mass is 79.9. The largest absolute Gasteiger partial charge is 0.478 e. The van der Waals surface area contributed by atoms with E-state index in [4.69, 9.17) is 10.4 Å². The van der Waals surface area contributed by atoms with Gasteiger partial charge in [0.15, 0.2) is 0 Å². The second-order valence-corrected chi connectivity index (χ2v) is 4.53. The number of carbonyl (C=O) groups is 1. The maximum absolute atomic E-state index is 10.8. The molecule has 1 aromatic carbocycles. The van der Waals surface area contributed by atoms with Crippen LogP contribution >= 0.6 is 15.9 Å². The van der Waals surface area contributed by atoms with Crippen molar-refractivity contribution >= 4 is 33.4 Å². The standard InChI is InChI=1S/C13H8BrN3O2/c14-11-5-9(13(18)19)7-16-12(11)17-10-3-1-2-8(4-10)6-15/h1-5,7H,(H,16,17)(H,18,19). The summed E-state index contributed by atoms with van der Waals surface area (Å²) in [6.07, 6.45) is 1.27. The molecule has 1 aromatic heterocycles. The Morgan fingerprint density at radius 3 is 2.84 bits per heavy atom. The number of pyridine rings is 1. The van der Waals surface area contributed by atoms with E-state index in [1.54, 1.807) is 24.3 Å². The Kier molecular flexibility index (Phi) is 3.78. The van der Waals surface area contributed by atoms with E-state index in [-0.39, 0.29) is 5.56 Å². The van der Waals surface area contributed by atoms with Crippen LogP contribution < -0.4 is 5.32 Å². The van der Waals surface area contributed by atoms with Crippen LogP contribution in [0.25, 0.3) is 0 Å². The van der Waals surface area contributed by atoms with Crippen molar-refractivity contribution in [3.63, 3.8) is 0 Å². The Bertz CT molecular complexity index is 680. The van der Waals surface area contributed by atoms with Crippen LogP contribution in [0.1, 0.15) is 15.9 Å². The minimum atomic E-state index is -1.04. The maximum atomic E-state index is 10.8. The number of anilines is 2. The zero-order chi connectivity index (χ0) is 13.8. The van der Waals surface area contributed by atoms with Gasteiger partial charge in [-0.05, 0) is 40.2 Å². The number of hydrogen-bond acceptors (Lipinski definition) is 4. The monoisotopic (exact) mass is 317 g/mol. The fraction of sp³-hybridized carbons (Fsp3) is 0. The molecule has 0 aliphatic carbocycles. The van der Waals surface area contributed by atoms with Gasteiger partial charge in [0.2, 0.25) is 0 Å². The SMILES string of the molecule is N#Cc1cccc(Nc2ncc(C(=O)O)cc2Br)c1. The van der Waals surface area contributed by atoms with Crippen LogP contribution in [-0.4, -0.2) is 16.1 Å². The fourth-order valence-electron chi connectivity index (χ4n) is 1.45. The van der Waals surface area contributed by atoms with E-state index in [1.165, 1.54) is 12.3 Å². The molecular weight excluding hydrogens is 310 g/mol. The van der Waals surface area contributed by atoms with E-state index in [0.717, 1.165) is 0 Å². The summed E-state index contributed by atoms with van der Waals surface area (Å²) >= 11 is 3.26. The van der Waals surface area contributed by atoms with Gasteiger partial charge in [0.05, 0.1) is 21.7 Å². The summed E-state index contributed by atoms with van der Waals surface area (Å²) in [5.74, 6) is -0.550. The number of aromatic nitrogens is 1. The lowest BCUT2D eigenvalue weighted by Gasteiger charge is -2.08. The number of nitriles is 1. The first kappa shape index (κ1) is 13.1. The number of aromatic carboxylic acids is 1. The Morgan fingerprint density at radius 2 is 2.21 bits per heavy atom. The zero-order valence-electron chi connectivity index (χ0n) is 9.59. The molecule has 0 aliphatic heterocycles. The summed E-state index contributed by atoms with van der Waals surface area (Å²) in [6.45, 7) is 0. The highest BCUT2D eigenvalue weighted by Crippen LogP contribution is 2.24. The number of carboxylic acids is 1. The van der Waals surface area contributed by atoms with E-state index in [9.17, 15) is 4.79 Å². The summed E-state index contributed by atoms with van der Waals surface area (Å²) in [5, 5.41) is 20.7. The van der Waals surface area contributed by atoms with Gasteiger partial charge in [-0.2, -0.15) is 5.26 Å². The van der Waals surface area contributed by atoms with Crippen molar-refractivity contribution < 1.29 is 9.90 Å². The molecule has 5 nitrogen and oxygen atoms in total. The third-order valence-electron chi connectivity index (χ3n) is 2.34. The van der Waals surface area contributed by atoms with Gasteiger partial charge < -0.3 is 10.4 Å². The normalized spacial score (nSPS) is 9.68. The molecule has 1 heterocycles. The second kappa shape index (κ2) is 5.50. The molecule has 0 amide bonds. The van der Waals surface area contributed by atoms with Crippen molar-refractivity contribution in [1.82, 2.24) is 4.98 Å². The van der Waals surface area contributed by atoms with Crippen LogP contribution in [0.3, 0.4) is 0 Å². The van der Waals surface area contributed by atoms with Gasteiger partial charge >= 0.3 is 5.97 Å². The molecule has 0 radical (unpaired) electrons. The van der Waals surface area contributed by atoms with Gasteiger partial charge in [0, 0.05) is 11.9 Å². The summed E-state index contributed by atoms with van der Waals surface area (Å²) < 4.78 is 0.537. The quantitative estimate of drug-likeness (QED) is 0.908. The average molecular weight is 318 g/mol. The van der Waals surface area contributed by atoms with Crippen molar-refractivity contribution in [2.24, 2.45) is 0 Å². The van der Waals surface area contributed by atoms with Gasteiger partial charge in [-0.3, -0.25) is 0 Å². The summed E-state index contributed by atoms with van der Waals surface area (Å²) in [7, 11) is 0. The maximum Gasteiger partial charge on any atom is 0.337 e. The van der Waals surface area contributed by atoms with E-state index < -0.39 is 5.97 Å². The Hall–Kier alpha value is -2.39. The topological polar surface area (TPSA) is 86.0 Å². The molecule has 0 saturated heterocycles. The smallest absolute Gasteiger partial charge is 0.337 e. The summed E-state index contributed by atoms with van der Waals surface area (Å²) in [5.41, 5.74) is 1.34. The van der Waals surface area contributed by atoms with Crippen molar-refractivity contribution in [2.75, 3.05) is 5.32 Å². The first-order valence-corrected chi connectivity index (χ1v) is 6.05. The van der Waals surface area contributed by atoms with E-state index in [2.05, 4.69) is 26.2 Å². The van der Waals surface area contributed by atoms with Crippen LogP contribution in [0.4, 0.5) is 11.5 Å². The molecule has 2 N–H and O–H groups in total. The van der Waals surface area contributed by atoms with Gasteiger partial charge in [-0.25, -0.2) is 9.78 Å². The van der Waals surface area contributed by atoms with Crippen LogP contribution in [-0.2, 0) is 0 Å². The van der Waals surface area contributed by atoms with Gasteiger partial charge in [0.1, 0.15) is 5.82 Å². The summed E-state index contributed by atoms with van der Waals surface area (Å²) in [4.78, 5) is 14.8. The molecule has 6 heteroatoms. The first-order valence-electron chi connectivity index (χ1n) is 5.26. The van der Waals surface area contributed by atoms with Gasteiger partial charge in [-0.1, -0.05) is 6.07 Å². The lowest BCUT2D eigenvalue weighted by atomic mass is 10.2. The zero-order valence-corrected chi connectivity index (χ0v) is 11.2. The van der Waals surface area contributed by atoms with E-state index >= 15 is 0 Å². The van der Waals surface area contributed by atoms with Crippen LogP contribution in [0.5, 0.6) is 0 Å². The first-order chi connectivity index (χ1) is 9.10. The molecule has 0 bridgehead atoms. The second-order valence-electron chi connectivity index (χ2n) is 3.68. The van der Waals surface area contributed by atoms with Gasteiger partial charge in [-0.15, -0.1) is 0 Å². The average Bonchev–Trinajstić information content (AvgIpc) is 2.41. The van der Waals surface area contributed by atoms with E-state index in [0.29, 0.717) is 21.5 Å². The molecule has 2 aromatic rings. The minimum Gasteiger partial charge on any atom is -0.478 e. The molecule has 0 spiro atoms. The molecule has 19 heavy (non-hydrogen) atoms. The predicted molar refractivity (Wildman–Crippen MR) is 73.3 cm³/mol. The predicted octanol–water partition coefficient (Wildman–Crippen LogP) is 3.16. The third kappa shape index (κ3) is 3.09. The third-order valence-corrected chi connectivity index (χ3v) is 2.95. The lowest BCUT2D eigenvalue weighted by molar-refractivity contribution is 0.0696. The molecule has 0 atom stereocenters. The molecule has 0 fully saturated rings. The number of nitrogens with zero attached hydrogens (tertiary/aromatic N) is 2. The number of halogens is 1. The Labute approximate surface area is 117 Å². The van der Waals surface area contributed by atoms with Crippen molar-refractivity contribution in [1.29, 1.82) is 5.26 Å². The molecule has 0 aliphatic rings. The Balaban J connectivity index is 2.28. The molecule has 94 valence electrons. The van der Waals surface area contributed by atoms with Crippen LogP contribution in [0.15, 0.2) is 41.0 Å². The van der Waals surface area contributed by atoms with Crippen molar-refractivity contribution in [3.05, 3.63) is 52.1 Å². The number of benzene rings is 1. The van der Waals surface area contributed by atoms with Crippen molar-refractivity contribution in [3.8, 4) is 6.07 Å². The van der Waals surface area contributed by atoms with E-state index in [1.807, 2.05) is 6.07 Å². The van der Waals surface area contributed by atoms with Crippen molar-refractivity contribution in [2.45, 2.75) is 0 Å². The number of nitrogens with one attached hydrogen (secondary N) is 1. The number of hydrogen-bond donors (Lipinski definition) is 2. The van der Waals surface area contributed by atoms with Crippen LogP contribution in [0, 0.1) is 11.3 Å². The number of rotatable bonds is 3. The molecule has 0 unspecified atom stereocenters. The molecular formula is C13H8BrN3O2.